The summed E-state index contributed by atoms with van der Waals surface area (Å²) in [7, 11) is 1.97. The summed E-state index contributed by atoms with van der Waals surface area (Å²) in [5.74, 6) is 0.944. The number of nitrogens with one attached hydrogen (secondary N) is 1. The van der Waals surface area contributed by atoms with E-state index >= 15 is 0 Å². The standard InChI is InChI=1S/C17H22N2O/c1-14(18-2)16-6-3-7-17(13-16)20-12-4-5-15-8-10-19-11-9-15/h3,6-11,13-14,18H,4-5,12H2,1-2H3. The van der Waals surface area contributed by atoms with Crippen molar-refractivity contribution in [2.75, 3.05) is 13.7 Å². The molecule has 0 spiro atoms. The monoisotopic (exact) mass is 270 g/mol. The Balaban J connectivity index is 1.79. The fourth-order valence-electron chi connectivity index (χ4n) is 2.06. The maximum atomic E-state index is 5.82. The first kappa shape index (κ1) is 14.5. The molecule has 0 aliphatic rings. The smallest absolute Gasteiger partial charge is 0.119 e. The summed E-state index contributed by atoms with van der Waals surface area (Å²) in [6.07, 6.45) is 5.70. The highest BCUT2D eigenvalue weighted by Gasteiger charge is 2.03. The molecule has 106 valence electrons. The first-order chi connectivity index (χ1) is 9.79. The molecule has 0 amide bonds. The molecule has 3 heteroatoms. The minimum Gasteiger partial charge on any atom is -0.494 e. The number of rotatable bonds is 7. The van der Waals surface area contributed by atoms with Crippen molar-refractivity contribution < 1.29 is 4.74 Å². The molecule has 1 atom stereocenters. The second-order valence-corrected chi connectivity index (χ2v) is 4.89. The molecule has 20 heavy (non-hydrogen) atoms. The van der Waals surface area contributed by atoms with Crippen LogP contribution in [-0.2, 0) is 6.42 Å². The Kier molecular flexibility index (Phi) is 5.56. The lowest BCUT2D eigenvalue weighted by atomic mass is 10.1. The lowest BCUT2D eigenvalue weighted by molar-refractivity contribution is 0.310. The third kappa shape index (κ3) is 4.35. The molecular formula is C17H22N2O. The van der Waals surface area contributed by atoms with Crippen molar-refractivity contribution in [3.8, 4) is 5.75 Å². The molecule has 0 aliphatic carbocycles. The minimum absolute atomic E-state index is 0.343. The van der Waals surface area contributed by atoms with Crippen LogP contribution in [0.3, 0.4) is 0 Å². The number of ether oxygens (including phenoxy) is 1. The van der Waals surface area contributed by atoms with Crippen molar-refractivity contribution >= 4 is 0 Å². The molecule has 3 nitrogen and oxygen atoms in total. The van der Waals surface area contributed by atoms with Crippen LogP contribution in [0.15, 0.2) is 48.8 Å². The molecule has 0 radical (unpaired) electrons. The van der Waals surface area contributed by atoms with Crippen LogP contribution in [0.1, 0.15) is 30.5 Å². The van der Waals surface area contributed by atoms with Gasteiger partial charge in [0.25, 0.3) is 0 Å². The maximum Gasteiger partial charge on any atom is 0.119 e. The molecule has 1 aromatic heterocycles. The number of aromatic nitrogens is 1. The van der Waals surface area contributed by atoms with E-state index in [1.54, 1.807) is 0 Å². The molecule has 1 N–H and O–H groups in total. The van der Waals surface area contributed by atoms with Crippen LogP contribution >= 0.6 is 0 Å². The molecule has 0 aliphatic heterocycles. The fourth-order valence-corrected chi connectivity index (χ4v) is 2.06. The summed E-state index contributed by atoms with van der Waals surface area (Å²) in [6.45, 7) is 2.88. The molecular weight excluding hydrogens is 248 g/mol. The molecule has 2 aromatic rings. The zero-order valence-electron chi connectivity index (χ0n) is 12.2. The van der Waals surface area contributed by atoms with Crippen LogP contribution in [0.25, 0.3) is 0 Å². The third-order valence-electron chi connectivity index (χ3n) is 3.42. The lowest BCUT2D eigenvalue weighted by Crippen LogP contribution is -2.12. The molecule has 0 saturated heterocycles. The second kappa shape index (κ2) is 7.65. The Bertz CT molecular complexity index is 513. The topological polar surface area (TPSA) is 34.1 Å². The molecule has 2 rings (SSSR count). The van der Waals surface area contributed by atoms with E-state index in [0.717, 1.165) is 25.2 Å². The van der Waals surface area contributed by atoms with E-state index in [-0.39, 0.29) is 0 Å². The second-order valence-electron chi connectivity index (χ2n) is 4.89. The van der Waals surface area contributed by atoms with E-state index in [1.165, 1.54) is 11.1 Å². The van der Waals surface area contributed by atoms with Crippen LogP contribution < -0.4 is 10.1 Å². The van der Waals surface area contributed by atoms with Crippen molar-refractivity contribution in [1.82, 2.24) is 10.3 Å². The zero-order valence-corrected chi connectivity index (χ0v) is 12.2. The van der Waals surface area contributed by atoms with Gasteiger partial charge in [0.1, 0.15) is 5.75 Å². The Labute approximate surface area is 121 Å². The Morgan fingerprint density at radius 1 is 1.20 bits per heavy atom. The van der Waals surface area contributed by atoms with E-state index in [1.807, 2.05) is 31.6 Å². The summed E-state index contributed by atoms with van der Waals surface area (Å²) < 4.78 is 5.82. The average molecular weight is 270 g/mol. The van der Waals surface area contributed by atoms with Gasteiger partial charge in [0.05, 0.1) is 6.61 Å². The van der Waals surface area contributed by atoms with Gasteiger partial charge in [0.2, 0.25) is 0 Å². The van der Waals surface area contributed by atoms with Gasteiger partial charge in [0, 0.05) is 18.4 Å². The lowest BCUT2D eigenvalue weighted by Gasteiger charge is -2.12. The van der Waals surface area contributed by atoms with Gasteiger partial charge >= 0.3 is 0 Å². The van der Waals surface area contributed by atoms with Crippen LogP contribution in [0.5, 0.6) is 5.75 Å². The Morgan fingerprint density at radius 2 is 2.00 bits per heavy atom. The van der Waals surface area contributed by atoms with Crippen LogP contribution in [0.2, 0.25) is 0 Å². The van der Waals surface area contributed by atoms with Crippen molar-refractivity contribution in [2.24, 2.45) is 0 Å². The summed E-state index contributed by atoms with van der Waals surface area (Å²) in [5.41, 5.74) is 2.56. The van der Waals surface area contributed by atoms with E-state index < -0.39 is 0 Å². The number of benzene rings is 1. The van der Waals surface area contributed by atoms with E-state index in [0.29, 0.717) is 6.04 Å². The summed E-state index contributed by atoms with van der Waals surface area (Å²) >= 11 is 0. The van der Waals surface area contributed by atoms with Crippen molar-refractivity contribution in [3.05, 3.63) is 59.9 Å². The summed E-state index contributed by atoms with van der Waals surface area (Å²) in [5, 5.41) is 3.24. The van der Waals surface area contributed by atoms with Crippen molar-refractivity contribution in [2.45, 2.75) is 25.8 Å². The fraction of sp³-hybridized carbons (Fsp3) is 0.353. The predicted octanol–water partition coefficient (Wildman–Crippen LogP) is 3.37. The first-order valence-corrected chi connectivity index (χ1v) is 7.08. The van der Waals surface area contributed by atoms with E-state index in [2.05, 4.69) is 41.5 Å². The van der Waals surface area contributed by atoms with E-state index in [9.17, 15) is 0 Å². The SMILES string of the molecule is CNC(C)c1cccc(OCCCc2ccncc2)c1. The highest BCUT2D eigenvalue weighted by atomic mass is 16.5. The van der Waals surface area contributed by atoms with Gasteiger partial charge in [-0.1, -0.05) is 12.1 Å². The maximum absolute atomic E-state index is 5.82. The highest BCUT2D eigenvalue weighted by molar-refractivity contribution is 5.30. The average Bonchev–Trinajstić information content (AvgIpc) is 2.52. The zero-order chi connectivity index (χ0) is 14.2. The molecule has 0 bridgehead atoms. The van der Waals surface area contributed by atoms with Gasteiger partial charge in [-0.2, -0.15) is 0 Å². The van der Waals surface area contributed by atoms with Gasteiger partial charge in [-0.3, -0.25) is 4.98 Å². The largest absolute Gasteiger partial charge is 0.494 e. The molecule has 1 aromatic carbocycles. The highest BCUT2D eigenvalue weighted by Crippen LogP contribution is 2.19. The van der Waals surface area contributed by atoms with Gasteiger partial charge in [-0.05, 0) is 62.2 Å². The number of hydrogen-bond acceptors (Lipinski definition) is 3. The first-order valence-electron chi connectivity index (χ1n) is 7.08. The normalized spacial score (nSPS) is 12.1. The number of hydrogen-bond donors (Lipinski definition) is 1. The molecule has 0 fully saturated rings. The Hall–Kier alpha value is -1.87. The molecule has 1 heterocycles. The van der Waals surface area contributed by atoms with Crippen LogP contribution in [-0.4, -0.2) is 18.6 Å². The quantitative estimate of drug-likeness (QED) is 0.783. The number of aryl methyl sites for hydroxylation is 1. The third-order valence-corrected chi connectivity index (χ3v) is 3.42. The van der Waals surface area contributed by atoms with E-state index in [4.69, 9.17) is 4.74 Å². The summed E-state index contributed by atoms with van der Waals surface area (Å²) in [6, 6.07) is 12.7. The van der Waals surface area contributed by atoms with Gasteiger partial charge in [0.15, 0.2) is 0 Å². The molecule has 1 unspecified atom stereocenters. The predicted molar refractivity (Wildman–Crippen MR) is 82.0 cm³/mol. The number of pyridine rings is 1. The van der Waals surface area contributed by atoms with Gasteiger partial charge in [-0.25, -0.2) is 0 Å². The van der Waals surface area contributed by atoms with Crippen LogP contribution in [0.4, 0.5) is 0 Å². The van der Waals surface area contributed by atoms with Crippen molar-refractivity contribution in [3.63, 3.8) is 0 Å². The van der Waals surface area contributed by atoms with Crippen LogP contribution in [0, 0.1) is 0 Å². The Morgan fingerprint density at radius 3 is 2.75 bits per heavy atom. The minimum atomic E-state index is 0.343. The van der Waals surface area contributed by atoms with Gasteiger partial charge < -0.3 is 10.1 Å². The number of nitrogens with zero attached hydrogens (tertiary/aromatic N) is 1. The van der Waals surface area contributed by atoms with Gasteiger partial charge in [-0.15, -0.1) is 0 Å². The summed E-state index contributed by atoms with van der Waals surface area (Å²) in [4.78, 5) is 4.02. The molecule has 0 saturated carbocycles. The van der Waals surface area contributed by atoms with Crippen molar-refractivity contribution in [1.29, 1.82) is 0 Å².